The summed E-state index contributed by atoms with van der Waals surface area (Å²) >= 11 is 1.72. The molecule has 1 saturated carbocycles. The minimum Gasteiger partial charge on any atom is -0.491 e. The maximum atomic E-state index is 13.1. The van der Waals surface area contributed by atoms with Crippen LogP contribution in [0.1, 0.15) is 75.5 Å². The first-order valence-corrected chi connectivity index (χ1v) is 11.5. The molecule has 2 aromatic rings. The van der Waals surface area contributed by atoms with Gasteiger partial charge in [-0.3, -0.25) is 4.79 Å². The van der Waals surface area contributed by atoms with E-state index in [0.717, 1.165) is 40.5 Å². The third-order valence-corrected chi connectivity index (χ3v) is 8.24. The monoisotopic (exact) mass is 412 g/mol. The first kappa shape index (κ1) is 20.6. The van der Waals surface area contributed by atoms with E-state index < -0.39 is 6.10 Å². The number of fused-ring (bicyclic) bond motifs is 3. The van der Waals surface area contributed by atoms with E-state index in [0.29, 0.717) is 30.1 Å². The van der Waals surface area contributed by atoms with Crippen LogP contribution in [0.5, 0.6) is 5.75 Å². The second-order valence-corrected chi connectivity index (χ2v) is 10.8. The minimum atomic E-state index is -0.486. The van der Waals surface area contributed by atoms with E-state index in [1.165, 1.54) is 21.6 Å². The smallest absolute Gasteiger partial charge is 0.173 e. The quantitative estimate of drug-likeness (QED) is 0.607. The Kier molecular flexibility index (Phi) is 5.15. The molecule has 29 heavy (non-hydrogen) atoms. The van der Waals surface area contributed by atoms with E-state index in [-0.39, 0.29) is 0 Å². The molecule has 2 aliphatic rings. The number of rotatable bonds is 7. The number of aliphatic hydroxyl groups is 1. The average Bonchev–Trinajstić information content (AvgIpc) is 2.97. The molecule has 2 aliphatic carbocycles. The van der Waals surface area contributed by atoms with Gasteiger partial charge in [0, 0.05) is 11.3 Å². The molecule has 1 aromatic heterocycles. The maximum absolute atomic E-state index is 13.1. The van der Waals surface area contributed by atoms with Gasteiger partial charge in [0.05, 0.1) is 11.0 Å². The van der Waals surface area contributed by atoms with Crippen molar-refractivity contribution in [2.24, 2.45) is 11.3 Å². The first-order chi connectivity index (χ1) is 13.6. The van der Waals surface area contributed by atoms with Gasteiger partial charge in [-0.25, -0.2) is 0 Å². The third kappa shape index (κ3) is 3.55. The van der Waals surface area contributed by atoms with Gasteiger partial charge in [0.1, 0.15) is 12.4 Å². The van der Waals surface area contributed by atoms with E-state index in [9.17, 15) is 9.90 Å². The third-order valence-electron chi connectivity index (χ3n) is 7.04. The van der Waals surface area contributed by atoms with Gasteiger partial charge in [-0.2, -0.15) is 0 Å². The van der Waals surface area contributed by atoms with Crippen molar-refractivity contribution in [1.29, 1.82) is 0 Å². The molecule has 4 rings (SSSR count). The van der Waals surface area contributed by atoms with Gasteiger partial charge in [0.15, 0.2) is 5.78 Å². The molecule has 0 radical (unpaired) electrons. The van der Waals surface area contributed by atoms with Crippen LogP contribution in [0, 0.1) is 32.1 Å². The molecule has 1 aromatic carbocycles. The zero-order chi connectivity index (χ0) is 21.1. The number of hydrogen-bond acceptors (Lipinski definition) is 4. The Labute approximate surface area is 178 Å². The molecule has 4 heteroatoms. The Morgan fingerprint density at radius 2 is 1.93 bits per heavy atom. The number of Topliss-reactive ketones (excluding diaryl/α,β-unsaturated/α-hetero) is 1. The van der Waals surface area contributed by atoms with Crippen molar-refractivity contribution in [3.05, 3.63) is 49.7 Å². The average molecular weight is 413 g/mol. The number of benzene rings is 1. The molecule has 0 spiro atoms. The summed E-state index contributed by atoms with van der Waals surface area (Å²) in [5.41, 5.74) is 6.81. The number of aliphatic hydroxyl groups excluding tert-OH is 1. The summed E-state index contributed by atoms with van der Waals surface area (Å²) in [6.07, 6.45) is 1.92. The van der Waals surface area contributed by atoms with Crippen LogP contribution in [0.3, 0.4) is 0 Å². The van der Waals surface area contributed by atoms with Crippen LogP contribution in [0.2, 0.25) is 0 Å². The number of ketones is 1. The number of hydrogen-bond donors (Lipinski definition) is 1. The van der Waals surface area contributed by atoms with Crippen LogP contribution >= 0.6 is 11.3 Å². The summed E-state index contributed by atoms with van der Waals surface area (Å²) in [7, 11) is 0. The van der Waals surface area contributed by atoms with E-state index in [1.807, 2.05) is 12.1 Å². The highest BCUT2D eigenvalue weighted by Gasteiger charge is 2.63. The van der Waals surface area contributed by atoms with Gasteiger partial charge in [0.2, 0.25) is 0 Å². The van der Waals surface area contributed by atoms with Crippen LogP contribution in [0.25, 0.3) is 0 Å². The normalized spacial score (nSPS) is 22.2. The number of aryl methyl sites for hydroxylation is 3. The Bertz CT molecular complexity index is 944. The Hall–Kier alpha value is -1.65. The van der Waals surface area contributed by atoms with Crippen LogP contribution in [-0.2, 0) is 12.8 Å². The topological polar surface area (TPSA) is 46.5 Å². The van der Waals surface area contributed by atoms with Crippen LogP contribution in [0.4, 0.5) is 0 Å². The van der Waals surface area contributed by atoms with Gasteiger partial charge in [-0.05, 0) is 97.7 Å². The van der Waals surface area contributed by atoms with Crippen molar-refractivity contribution in [1.82, 2.24) is 0 Å². The summed E-state index contributed by atoms with van der Waals surface area (Å²) in [6, 6.07) is 4.02. The van der Waals surface area contributed by atoms with Gasteiger partial charge in [-0.15, -0.1) is 11.3 Å². The van der Waals surface area contributed by atoms with Gasteiger partial charge >= 0.3 is 0 Å². The predicted molar refractivity (Wildman–Crippen MR) is 119 cm³/mol. The molecule has 0 aliphatic heterocycles. The SMILES string of the molecule is Cc1cc(OCC(C)O)cc(C)c1CCC(=O)c1sc(C)c2c1C[C@@H]1[C@H]2C1(C)C. The van der Waals surface area contributed by atoms with E-state index in [4.69, 9.17) is 4.74 Å². The standard InChI is InChI=1S/C25H32O3S/c1-13-9-17(28-12-15(3)26)10-14(2)18(13)7-8-21(27)24-19-11-20-23(25(20,5)6)22(19)16(4)29-24/h9-10,15,20,23,26H,7-8,11-12H2,1-6H3/t15?,20-,23-/m1/s1. The summed E-state index contributed by atoms with van der Waals surface area (Å²) in [5.74, 6) is 2.50. The lowest BCUT2D eigenvalue weighted by atomic mass is 9.93. The molecular formula is C25H32O3S. The summed E-state index contributed by atoms with van der Waals surface area (Å²) in [4.78, 5) is 15.5. The van der Waals surface area contributed by atoms with Gasteiger partial charge in [0.25, 0.3) is 0 Å². The fraction of sp³-hybridized carbons (Fsp3) is 0.560. The lowest BCUT2D eigenvalue weighted by Crippen LogP contribution is -2.13. The van der Waals surface area contributed by atoms with E-state index >= 15 is 0 Å². The second-order valence-electron chi connectivity index (χ2n) is 9.61. The number of carbonyl (C=O) groups excluding carboxylic acids is 1. The summed E-state index contributed by atoms with van der Waals surface area (Å²) < 4.78 is 5.65. The second kappa shape index (κ2) is 7.24. The molecular weight excluding hydrogens is 380 g/mol. The maximum Gasteiger partial charge on any atom is 0.173 e. The molecule has 0 saturated heterocycles. The Morgan fingerprint density at radius 1 is 1.28 bits per heavy atom. The van der Waals surface area contributed by atoms with Crippen LogP contribution < -0.4 is 4.74 Å². The van der Waals surface area contributed by atoms with Crippen molar-refractivity contribution in [3.63, 3.8) is 0 Å². The van der Waals surface area contributed by atoms with E-state index in [2.05, 4.69) is 34.6 Å². The van der Waals surface area contributed by atoms with Crippen LogP contribution in [0.15, 0.2) is 12.1 Å². The van der Waals surface area contributed by atoms with Crippen molar-refractivity contribution in [2.45, 2.75) is 72.8 Å². The molecule has 0 amide bonds. The zero-order valence-electron chi connectivity index (χ0n) is 18.4. The largest absolute Gasteiger partial charge is 0.491 e. The van der Waals surface area contributed by atoms with Gasteiger partial charge in [-0.1, -0.05) is 13.8 Å². The lowest BCUT2D eigenvalue weighted by Gasteiger charge is -2.14. The molecule has 3 nitrogen and oxygen atoms in total. The molecule has 0 bridgehead atoms. The molecule has 3 atom stereocenters. The number of ether oxygens (including phenoxy) is 1. The van der Waals surface area contributed by atoms with Crippen molar-refractivity contribution < 1.29 is 14.6 Å². The first-order valence-electron chi connectivity index (χ1n) is 10.7. The fourth-order valence-corrected chi connectivity index (χ4v) is 6.56. The highest BCUT2D eigenvalue weighted by Crippen LogP contribution is 2.71. The summed E-state index contributed by atoms with van der Waals surface area (Å²) in [5, 5.41) is 9.41. The molecule has 1 fully saturated rings. The fourth-order valence-electron chi connectivity index (χ4n) is 5.36. The Balaban J connectivity index is 1.46. The Morgan fingerprint density at radius 3 is 2.55 bits per heavy atom. The minimum absolute atomic E-state index is 0.290. The number of thiophene rings is 1. The van der Waals surface area contributed by atoms with Crippen molar-refractivity contribution >= 4 is 17.1 Å². The van der Waals surface area contributed by atoms with Crippen molar-refractivity contribution in [3.8, 4) is 5.75 Å². The van der Waals surface area contributed by atoms with Gasteiger partial charge < -0.3 is 9.84 Å². The molecule has 1 N–H and O–H groups in total. The highest BCUT2D eigenvalue weighted by atomic mass is 32.1. The zero-order valence-corrected chi connectivity index (χ0v) is 19.2. The van der Waals surface area contributed by atoms with E-state index in [1.54, 1.807) is 18.3 Å². The lowest BCUT2D eigenvalue weighted by molar-refractivity contribution is 0.0985. The molecule has 1 heterocycles. The van der Waals surface area contributed by atoms with Crippen molar-refractivity contribution in [2.75, 3.05) is 6.61 Å². The number of carbonyl (C=O) groups is 1. The molecule has 1 unspecified atom stereocenters. The molecule has 156 valence electrons. The van der Waals surface area contributed by atoms with Crippen LogP contribution in [-0.4, -0.2) is 23.6 Å². The predicted octanol–water partition coefficient (Wildman–Crippen LogP) is 5.54. The summed E-state index contributed by atoms with van der Waals surface area (Å²) in [6.45, 7) is 13.1. The highest BCUT2D eigenvalue weighted by molar-refractivity contribution is 7.14.